The first-order chi connectivity index (χ1) is 11.5. The number of rotatable bonds is 3. The lowest BCUT2D eigenvalue weighted by Crippen LogP contribution is -2.53. The molecule has 0 aromatic carbocycles. The molecule has 1 rings (SSSR count). The Morgan fingerprint density at radius 3 is 2.44 bits per heavy atom. The fourth-order valence-electron chi connectivity index (χ4n) is 2.72. The smallest absolute Gasteiger partial charge is 0.504 e. The van der Waals surface area contributed by atoms with Gasteiger partial charge in [0.25, 0.3) is 0 Å². The molecule has 2 amide bonds. The zero-order valence-corrected chi connectivity index (χ0v) is 15.2. The number of esters is 1. The highest BCUT2D eigenvalue weighted by atomic mass is 16.6. The number of aliphatic hydroxyl groups excluding tert-OH is 1. The maximum Gasteiger partial charge on any atom is 0.506 e. The van der Waals surface area contributed by atoms with Crippen molar-refractivity contribution in [3.05, 3.63) is 16.4 Å². The molecule has 9 nitrogen and oxygen atoms in total. The van der Waals surface area contributed by atoms with Gasteiger partial charge in [-0.3, -0.25) is 4.79 Å². The van der Waals surface area contributed by atoms with E-state index in [9.17, 15) is 19.5 Å². The van der Waals surface area contributed by atoms with Crippen molar-refractivity contribution < 1.29 is 29.0 Å². The van der Waals surface area contributed by atoms with Crippen LogP contribution in [0, 0.1) is 10.8 Å². The number of ether oxygens (including phenoxy) is 2. The summed E-state index contributed by atoms with van der Waals surface area (Å²) in [5.74, 6) is -2.52. The Labute approximate surface area is 146 Å². The van der Waals surface area contributed by atoms with Crippen LogP contribution < -0.4 is 0 Å². The Balaban J connectivity index is 3.33. The van der Waals surface area contributed by atoms with E-state index in [2.05, 4.69) is 9.71 Å². The zero-order chi connectivity index (χ0) is 19.4. The fourth-order valence-corrected chi connectivity index (χ4v) is 2.72. The first kappa shape index (κ1) is 20.4. The fraction of sp³-hybridized carbons (Fsp3) is 0.688. The lowest BCUT2D eigenvalue weighted by Gasteiger charge is -2.39. The molecule has 1 aliphatic rings. The molecule has 1 N–H and O–H groups in total. The van der Waals surface area contributed by atoms with Crippen molar-refractivity contribution in [2.24, 2.45) is 5.41 Å². The number of hydrogen-bond acceptors (Lipinski definition) is 7. The highest BCUT2D eigenvalue weighted by Crippen LogP contribution is 2.42. The van der Waals surface area contributed by atoms with Crippen molar-refractivity contribution in [3.8, 4) is 0 Å². The van der Waals surface area contributed by atoms with Crippen LogP contribution in [0.25, 0.3) is 4.98 Å². The summed E-state index contributed by atoms with van der Waals surface area (Å²) in [7, 11) is 1.05. The van der Waals surface area contributed by atoms with Crippen LogP contribution in [0.15, 0.2) is 11.5 Å². The van der Waals surface area contributed by atoms with E-state index in [1.807, 2.05) is 0 Å². The third-order valence-corrected chi connectivity index (χ3v) is 4.01. The molecule has 0 spiro atoms. The molecule has 1 unspecified atom stereocenters. The molecule has 1 aliphatic heterocycles. The topological polar surface area (TPSA) is 121 Å². The molecule has 1 saturated heterocycles. The van der Waals surface area contributed by atoms with Gasteiger partial charge in [0, 0.05) is 6.54 Å². The largest absolute Gasteiger partial charge is 0.506 e. The molecule has 25 heavy (non-hydrogen) atoms. The summed E-state index contributed by atoms with van der Waals surface area (Å²) in [6.45, 7) is 6.77. The van der Waals surface area contributed by atoms with Crippen molar-refractivity contribution in [2.75, 3.05) is 13.7 Å². The van der Waals surface area contributed by atoms with Crippen molar-refractivity contribution in [3.63, 3.8) is 0 Å². The standard InChI is InChI=1S/C16H23N3O6/c1-6-16(11(20)10(18-17)12(21)24-5)8-7-9-19(13(16)22)14(23)25-15(2,3)4/h6-9H2,1-5H3/p+1. The van der Waals surface area contributed by atoms with Gasteiger partial charge in [-0.2, -0.15) is 0 Å². The minimum absolute atomic E-state index is 0.0903. The predicted molar refractivity (Wildman–Crippen MR) is 86.7 cm³/mol. The quantitative estimate of drug-likeness (QED) is 0.358. The first-order valence-electron chi connectivity index (χ1n) is 7.96. The van der Waals surface area contributed by atoms with E-state index >= 15 is 0 Å². The summed E-state index contributed by atoms with van der Waals surface area (Å²) in [5, 5.41) is 19.6. The van der Waals surface area contributed by atoms with Gasteiger partial charge in [-0.15, -0.1) is 0 Å². The summed E-state index contributed by atoms with van der Waals surface area (Å²) in [5.41, 5.74) is -3.12. The van der Waals surface area contributed by atoms with Crippen LogP contribution in [-0.4, -0.2) is 47.2 Å². The molecular weight excluding hydrogens is 330 g/mol. The van der Waals surface area contributed by atoms with Crippen LogP contribution in [0.5, 0.6) is 0 Å². The predicted octanol–water partition coefficient (Wildman–Crippen LogP) is 2.74. The molecule has 138 valence electrons. The van der Waals surface area contributed by atoms with Crippen molar-refractivity contribution in [1.82, 2.24) is 4.90 Å². The van der Waals surface area contributed by atoms with Crippen LogP contribution in [0.1, 0.15) is 47.0 Å². The monoisotopic (exact) mass is 354 g/mol. The first-order valence-corrected chi connectivity index (χ1v) is 7.96. The van der Waals surface area contributed by atoms with E-state index in [0.717, 1.165) is 12.0 Å². The van der Waals surface area contributed by atoms with E-state index in [4.69, 9.17) is 10.1 Å². The number of aliphatic hydroxyl groups is 1. The minimum atomic E-state index is -1.56. The Morgan fingerprint density at radius 2 is 2.00 bits per heavy atom. The van der Waals surface area contributed by atoms with Gasteiger partial charge in [-0.05, 0) is 40.0 Å². The lowest BCUT2D eigenvalue weighted by atomic mass is 9.74. The highest BCUT2D eigenvalue weighted by Gasteiger charge is 2.53. The average Bonchev–Trinajstić information content (AvgIpc) is 2.53. The maximum absolute atomic E-state index is 12.9. The van der Waals surface area contributed by atoms with Gasteiger partial charge in [0.05, 0.1) is 7.11 Å². The number of nitrogens with zero attached hydrogens (tertiary/aromatic N) is 3. The number of likely N-dealkylation sites (tertiary alicyclic amines) is 1. The summed E-state index contributed by atoms with van der Waals surface area (Å²) in [6.07, 6.45) is -0.164. The van der Waals surface area contributed by atoms with Crippen LogP contribution in [0.2, 0.25) is 0 Å². The van der Waals surface area contributed by atoms with Crippen LogP contribution in [-0.2, 0) is 19.1 Å². The molecular formula is C16H24N3O6+. The molecule has 0 radical (unpaired) electrons. The summed E-state index contributed by atoms with van der Waals surface area (Å²) in [4.78, 5) is 40.6. The van der Waals surface area contributed by atoms with E-state index in [-0.39, 0.29) is 19.4 Å². The Morgan fingerprint density at radius 1 is 1.40 bits per heavy atom. The number of hydrogen-bond donors (Lipinski definition) is 1. The van der Waals surface area contributed by atoms with Gasteiger partial charge in [0.15, 0.2) is 4.98 Å². The SMILES string of the molecule is CCC1(/C(O)=C(\[N+]#N)C(=O)OC)CCCN(C(=O)OC(C)(C)C)C1=O. The third kappa shape index (κ3) is 4.07. The summed E-state index contributed by atoms with van der Waals surface area (Å²) >= 11 is 0. The summed E-state index contributed by atoms with van der Waals surface area (Å²) < 4.78 is 9.68. The molecule has 1 fully saturated rings. The Bertz CT molecular complexity index is 643. The van der Waals surface area contributed by atoms with Crippen molar-refractivity contribution in [2.45, 2.75) is 52.6 Å². The van der Waals surface area contributed by atoms with E-state index in [1.54, 1.807) is 27.7 Å². The van der Waals surface area contributed by atoms with Gasteiger partial charge < -0.3 is 14.6 Å². The third-order valence-electron chi connectivity index (χ3n) is 4.01. The lowest BCUT2D eigenvalue weighted by molar-refractivity contribution is -0.144. The maximum atomic E-state index is 12.9. The zero-order valence-electron chi connectivity index (χ0n) is 15.2. The molecule has 0 aliphatic carbocycles. The van der Waals surface area contributed by atoms with Crippen LogP contribution in [0.3, 0.4) is 0 Å². The van der Waals surface area contributed by atoms with Gasteiger partial charge in [-0.1, -0.05) is 6.92 Å². The molecule has 0 aromatic rings. The van der Waals surface area contributed by atoms with Crippen molar-refractivity contribution in [1.29, 1.82) is 5.39 Å². The molecule has 1 atom stereocenters. The molecule has 0 saturated carbocycles. The molecule has 0 aromatic heterocycles. The number of diazo groups is 1. The second-order valence-corrected chi connectivity index (χ2v) is 6.77. The summed E-state index contributed by atoms with van der Waals surface area (Å²) in [6, 6.07) is 0. The van der Waals surface area contributed by atoms with Crippen LogP contribution in [0.4, 0.5) is 4.79 Å². The van der Waals surface area contributed by atoms with E-state index in [1.165, 1.54) is 0 Å². The second-order valence-electron chi connectivity index (χ2n) is 6.77. The van der Waals surface area contributed by atoms with Crippen LogP contribution >= 0.6 is 0 Å². The van der Waals surface area contributed by atoms with E-state index < -0.39 is 40.4 Å². The highest BCUT2D eigenvalue weighted by molar-refractivity contribution is 5.99. The minimum Gasteiger partial charge on any atom is -0.504 e. The van der Waals surface area contributed by atoms with Gasteiger partial charge in [0.2, 0.25) is 17.1 Å². The number of methoxy groups -OCH3 is 1. The van der Waals surface area contributed by atoms with Crippen molar-refractivity contribution >= 4 is 18.0 Å². The number of amides is 2. The molecule has 0 bridgehead atoms. The molecule has 9 heteroatoms. The number of imide groups is 1. The number of piperidine rings is 1. The van der Waals surface area contributed by atoms with Gasteiger partial charge in [0.1, 0.15) is 11.0 Å². The number of carbonyl (C=O) groups is 3. The average molecular weight is 354 g/mol. The van der Waals surface area contributed by atoms with Gasteiger partial charge in [-0.25, -0.2) is 14.5 Å². The Hall–Kier alpha value is -2.63. The second kappa shape index (κ2) is 7.51. The Kier molecular flexibility index (Phi) is 6.13. The van der Waals surface area contributed by atoms with E-state index in [0.29, 0.717) is 6.42 Å². The number of carbonyl (C=O) groups excluding carboxylic acids is 3. The van der Waals surface area contributed by atoms with Gasteiger partial charge >= 0.3 is 17.8 Å². The normalized spacial score (nSPS) is 21.9. The molecule has 1 heterocycles.